The Morgan fingerprint density at radius 1 is 0.493 bits per heavy atom. The van der Waals surface area contributed by atoms with Gasteiger partial charge in [0.1, 0.15) is 0 Å². The number of nitrogens with zero attached hydrogens (tertiary/aromatic N) is 3. The van der Waals surface area contributed by atoms with Crippen molar-refractivity contribution in [2.24, 2.45) is 0 Å². The summed E-state index contributed by atoms with van der Waals surface area (Å²) in [5, 5.41) is 0. The fourth-order valence-electron chi connectivity index (χ4n) is 10.8. The minimum absolute atomic E-state index is 0. The first-order valence-electron chi connectivity index (χ1n) is 24.0. The van der Waals surface area contributed by atoms with Crippen LogP contribution in [0.1, 0.15) is 124 Å². The van der Waals surface area contributed by atoms with Gasteiger partial charge in [0.25, 0.3) is 6.33 Å². The van der Waals surface area contributed by atoms with Gasteiger partial charge in [-0.25, -0.2) is 0 Å². The molecule has 0 spiro atoms. The summed E-state index contributed by atoms with van der Waals surface area (Å²) >= 11 is 0. The normalized spacial score (nSPS) is 13.6. The zero-order chi connectivity index (χ0) is 45.6. The van der Waals surface area contributed by atoms with Crippen LogP contribution < -0.4 is 25.9 Å². The molecule has 0 saturated carbocycles. The Balaban J connectivity index is 0.000000165. The molecule has 0 fully saturated rings. The molecule has 2 aliphatic rings. The minimum atomic E-state index is 0. The number of anilines is 3. The van der Waals surface area contributed by atoms with Gasteiger partial charge >= 0.3 is 0 Å². The van der Waals surface area contributed by atoms with Gasteiger partial charge < -0.3 is 4.90 Å². The summed E-state index contributed by atoms with van der Waals surface area (Å²) in [5.74, 6) is 1.91. The van der Waals surface area contributed by atoms with Crippen molar-refractivity contribution >= 4 is 51.2 Å². The molecule has 1 atom stereocenters. The Kier molecular flexibility index (Phi) is 13.2. The molecule has 5 heteroatoms. The van der Waals surface area contributed by atoms with Gasteiger partial charge in [0.15, 0.2) is 0 Å². The number of aromatic nitrogens is 2. The Morgan fingerprint density at radius 2 is 1.03 bits per heavy atom. The average Bonchev–Trinajstić information content (AvgIpc) is 3.73. The van der Waals surface area contributed by atoms with Crippen LogP contribution in [-0.4, -0.2) is 11.3 Å². The van der Waals surface area contributed by atoms with E-state index >= 15 is 0 Å². The molecule has 0 amide bonds. The maximum absolute atomic E-state index is 3.84. The molecule has 9 aromatic rings. The van der Waals surface area contributed by atoms with E-state index in [2.05, 4.69) is 264 Å². The summed E-state index contributed by atoms with van der Waals surface area (Å²) in [7, 11) is 0. The quantitative estimate of drug-likeness (QED) is 0.0839. The molecule has 0 bridgehead atoms. The fraction of sp³-hybridized carbons (Fsp3) is 0.210. The van der Waals surface area contributed by atoms with E-state index in [9.17, 15) is 0 Å². The van der Waals surface area contributed by atoms with E-state index in [1.54, 1.807) is 0 Å². The molecule has 2 aliphatic heterocycles. The van der Waals surface area contributed by atoms with Gasteiger partial charge in [-0.15, -0.1) is 5.56 Å². The number of hydrogen-bond acceptors (Lipinski definition) is 1. The third-order valence-electron chi connectivity index (χ3n) is 13.8. The number of para-hydroxylation sites is 6. The van der Waals surface area contributed by atoms with Crippen LogP contribution in [0.2, 0.25) is 0 Å². The van der Waals surface area contributed by atoms with Crippen molar-refractivity contribution in [3.05, 3.63) is 233 Å². The molecule has 11 rings (SSSR count). The Bertz CT molecular complexity index is 2930. The second-order valence-corrected chi connectivity index (χ2v) is 19.3. The summed E-state index contributed by atoms with van der Waals surface area (Å²) in [6.45, 7) is 18.5. The SMILES string of the molecule is CC(C)c1cccc(C(C)C)c1-n1[c-][n+](-c2c(C(C)C)cccc2C(C)C)c2ccccc21.[Au].[c-]1cc2c3c(c1)N(c1ccccc1)c1ccccc1B3c1ccccc1C2c1ccccc1. The molecule has 1 radical (unpaired) electrons. The first-order valence-corrected chi connectivity index (χ1v) is 24.0. The zero-order valence-corrected chi connectivity index (χ0v) is 42.1. The second kappa shape index (κ2) is 19.2. The predicted molar refractivity (Wildman–Crippen MR) is 278 cm³/mol. The van der Waals surface area contributed by atoms with Gasteiger partial charge in [0.2, 0.25) is 6.71 Å². The topological polar surface area (TPSA) is 12.0 Å². The van der Waals surface area contributed by atoms with Crippen molar-refractivity contribution in [3.63, 3.8) is 0 Å². The van der Waals surface area contributed by atoms with Crippen molar-refractivity contribution in [1.29, 1.82) is 0 Å². The largest absolute Gasteiger partial charge is 0.366 e. The van der Waals surface area contributed by atoms with Gasteiger partial charge in [0.05, 0.1) is 22.4 Å². The molecule has 0 saturated heterocycles. The number of hydrogen-bond donors (Lipinski definition) is 0. The smallest absolute Gasteiger partial charge is 0.269 e. The molecule has 67 heavy (non-hydrogen) atoms. The van der Waals surface area contributed by atoms with Gasteiger partial charge in [-0.3, -0.25) is 9.13 Å². The van der Waals surface area contributed by atoms with E-state index in [0.29, 0.717) is 23.7 Å². The van der Waals surface area contributed by atoms with E-state index in [1.165, 1.54) is 94.8 Å². The minimum Gasteiger partial charge on any atom is -0.366 e. The third-order valence-corrected chi connectivity index (χ3v) is 13.8. The van der Waals surface area contributed by atoms with E-state index < -0.39 is 0 Å². The number of fused-ring (bicyclic) bond motifs is 5. The average molecular weight is 1050 g/mol. The van der Waals surface area contributed by atoms with Crippen LogP contribution in [0.25, 0.3) is 22.4 Å². The van der Waals surface area contributed by atoms with Crippen LogP contribution in [-0.2, 0) is 22.4 Å². The first kappa shape index (κ1) is 46.0. The van der Waals surface area contributed by atoms with Crippen LogP contribution in [0.3, 0.4) is 0 Å². The molecular weight excluding hydrogens is 994 g/mol. The Morgan fingerprint density at radius 3 is 1.67 bits per heavy atom. The van der Waals surface area contributed by atoms with Crippen LogP contribution in [0.15, 0.2) is 182 Å². The van der Waals surface area contributed by atoms with Crippen molar-refractivity contribution in [1.82, 2.24) is 4.57 Å². The standard InChI is InChI=1S/C31H21BN.C31H38N2.Au/c1-3-12-22(13-4-1)30-24-16-7-8-18-26(24)32-27-19-9-10-20-28(27)33(23-14-5-2-6-15-23)29-21-11-17-25(30)31(29)32;1-20(2)24-13-11-14-25(21(3)4)30(24)32-19-33(29-18-10-9-17-28(29)32)31-26(22(5)6)15-12-16-27(31)23(7)8;/h1-10,12-21,30H;9-18,20-23H,1-8H3;/q-1;;. The third kappa shape index (κ3) is 8.14. The van der Waals surface area contributed by atoms with Crippen LogP contribution in [0.4, 0.5) is 17.1 Å². The summed E-state index contributed by atoms with van der Waals surface area (Å²) in [4.78, 5) is 2.41. The summed E-state index contributed by atoms with van der Waals surface area (Å²) in [6.07, 6.45) is 3.84. The molecule has 1 aromatic heterocycles. The predicted octanol–water partition coefficient (Wildman–Crippen LogP) is 13.5. The van der Waals surface area contributed by atoms with E-state index in [0.717, 1.165) is 0 Å². The Hall–Kier alpha value is -6.16. The van der Waals surface area contributed by atoms with Crippen molar-refractivity contribution in [2.75, 3.05) is 4.90 Å². The molecule has 3 heterocycles. The van der Waals surface area contributed by atoms with Crippen LogP contribution in [0, 0.1) is 12.4 Å². The Labute approximate surface area is 414 Å². The molecule has 0 N–H and O–H groups in total. The van der Waals surface area contributed by atoms with Crippen LogP contribution in [0.5, 0.6) is 0 Å². The maximum atomic E-state index is 3.84. The molecule has 337 valence electrons. The molecule has 8 aromatic carbocycles. The maximum Gasteiger partial charge on any atom is 0.269 e. The van der Waals surface area contributed by atoms with Crippen molar-refractivity contribution < 1.29 is 26.9 Å². The van der Waals surface area contributed by atoms with E-state index in [1.807, 2.05) is 0 Å². The molecular formula is C62H59AuBN3-. The van der Waals surface area contributed by atoms with E-state index in [4.69, 9.17) is 0 Å². The van der Waals surface area contributed by atoms with Gasteiger partial charge in [-0.2, -0.15) is 23.7 Å². The fourth-order valence-corrected chi connectivity index (χ4v) is 10.8. The molecule has 0 aliphatic carbocycles. The van der Waals surface area contributed by atoms with Crippen LogP contribution >= 0.6 is 0 Å². The van der Waals surface area contributed by atoms with Gasteiger partial charge in [-0.05, 0) is 81.1 Å². The van der Waals surface area contributed by atoms with Gasteiger partial charge in [0, 0.05) is 33.8 Å². The second-order valence-electron chi connectivity index (χ2n) is 19.3. The number of benzene rings is 8. The first-order chi connectivity index (χ1) is 32.1. The summed E-state index contributed by atoms with van der Waals surface area (Å²) in [6, 6.07) is 69.7. The number of rotatable bonds is 8. The zero-order valence-electron chi connectivity index (χ0n) is 39.9. The molecule has 3 nitrogen and oxygen atoms in total. The van der Waals surface area contributed by atoms with Crippen molar-refractivity contribution in [3.8, 4) is 11.4 Å². The van der Waals surface area contributed by atoms with E-state index in [-0.39, 0.29) is 35.0 Å². The monoisotopic (exact) mass is 1050 g/mol. The summed E-state index contributed by atoms with van der Waals surface area (Å²) in [5.41, 5.74) is 22.4. The van der Waals surface area contributed by atoms with Gasteiger partial charge in [-0.1, -0.05) is 224 Å². The number of imidazole rings is 1. The molecule has 1 unspecified atom stereocenters. The van der Waals surface area contributed by atoms with Crippen molar-refractivity contribution in [2.45, 2.75) is 85.0 Å². The summed E-state index contributed by atoms with van der Waals surface area (Å²) < 4.78 is 4.64.